The number of hydrogen-bond donors (Lipinski definition) is 1. The van der Waals surface area contributed by atoms with Crippen molar-refractivity contribution in [1.29, 1.82) is 0 Å². The molecule has 20 heavy (non-hydrogen) atoms. The van der Waals surface area contributed by atoms with Gasteiger partial charge in [0.2, 0.25) is 0 Å². The molecule has 2 N–H and O–H groups in total. The van der Waals surface area contributed by atoms with Gasteiger partial charge in [-0.15, -0.1) is 11.3 Å². The van der Waals surface area contributed by atoms with E-state index in [0.717, 1.165) is 29.8 Å². The van der Waals surface area contributed by atoms with Crippen molar-refractivity contribution in [2.45, 2.75) is 24.8 Å². The quantitative estimate of drug-likeness (QED) is 0.787. The van der Waals surface area contributed by atoms with Gasteiger partial charge in [0, 0.05) is 11.1 Å². The lowest BCUT2D eigenvalue weighted by Crippen LogP contribution is -2.24. The van der Waals surface area contributed by atoms with Gasteiger partial charge in [0.05, 0.1) is 10.2 Å². The zero-order chi connectivity index (χ0) is 13.6. The fraction of sp³-hybridized carbons (Fsp3) is 0.235. The molecule has 100 valence electrons. The first-order chi connectivity index (χ1) is 9.73. The number of fused-ring (bicyclic) bond motifs is 1. The van der Waals surface area contributed by atoms with Gasteiger partial charge in [-0.3, -0.25) is 0 Å². The predicted octanol–water partition coefficient (Wildman–Crippen LogP) is 4.00. The number of thiazole rings is 1. The van der Waals surface area contributed by atoms with Gasteiger partial charge >= 0.3 is 0 Å². The summed E-state index contributed by atoms with van der Waals surface area (Å²) in [5.74, 6) is 0. The molecular formula is C17H16N2S. The zero-order valence-corrected chi connectivity index (χ0v) is 12.0. The van der Waals surface area contributed by atoms with Crippen molar-refractivity contribution >= 4 is 21.6 Å². The van der Waals surface area contributed by atoms with Crippen molar-refractivity contribution in [3.63, 3.8) is 0 Å². The highest BCUT2D eigenvalue weighted by atomic mass is 32.1. The lowest BCUT2D eigenvalue weighted by atomic mass is 10.00. The van der Waals surface area contributed by atoms with E-state index in [1.165, 1.54) is 15.8 Å². The highest BCUT2D eigenvalue weighted by Crippen LogP contribution is 2.39. The number of benzene rings is 2. The molecule has 1 saturated carbocycles. The number of hydrogen-bond acceptors (Lipinski definition) is 3. The van der Waals surface area contributed by atoms with Crippen molar-refractivity contribution in [3.05, 3.63) is 54.1 Å². The highest BCUT2D eigenvalue weighted by molar-refractivity contribution is 7.21. The molecule has 1 aromatic heterocycles. The molecule has 1 heterocycles. The largest absolute Gasteiger partial charge is 0.325 e. The summed E-state index contributed by atoms with van der Waals surface area (Å²) >= 11 is 1.76. The second kappa shape index (κ2) is 4.40. The third-order valence-electron chi connectivity index (χ3n) is 3.98. The molecule has 0 unspecified atom stereocenters. The van der Waals surface area contributed by atoms with E-state index < -0.39 is 0 Å². The Morgan fingerprint density at radius 1 is 1.05 bits per heavy atom. The number of aromatic nitrogens is 1. The Bertz CT molecular complexity index is 738. The van der Waals surface area contributed by atoms with Crippen LogP contribution in [-0.2, 0) is 6.42 Å². The van der Waals surface area contributed by atoms with Crippen LogP contribution in [0.5, 0.6) is 0 Å². The third-order valence-corrected chi connectivity index (χ3v) is 5.05. The summed E-state index contributed by atoms with van der Waals surface area (Å²) in [6.07, 6.45) is 3.24. The first-order valence-electron chi connectivity index (χ1n) is 6.96. The predicted molar refractivity (Wildman–Crippen MR) is 84.9 cm³/mol. The van der Waals surface area contributed by atoms with Crippen molar-refractivity contribution < 1.29 is 0 Å². The van der Waals surface area contributed by atoms with Crippen LogP contribution >= 0.6 is 11.3 Å². The van der Waals surface area contributed by atoms with E-state index in [2.05, 4.69) is 42.5 Å². The van der Waals surface area contributed by atoms with Crippen molar-refractivity contribution in [1.82, 2.24) is 4.98 Å². The van der Waals surface area contributed by atoms with Crippen LogP contribution in [0.15, 0.2) is 48.5 Å². The monoisotopic (exact) mass is 280 g/mol. The molecule has 0 amide bonds. The van der Waals surface area contributed by atoms with Crippen LogP contribution in [0.1, 0.15) is 18.4 Å². The molecule has 3 aromatic rings. The minimum absolute atomic E-state index is 0.0345. The second-order valence-corrected chi connectivity index (χ2v) is 6.71. The molecule has 1 fully saturated rings. The Hall–Kier alpha value is -1.71. The standard InChI is InChI=1S/C17H16N2S/c18-17(9-10-17)11-12-5-1-2-6-13(12)16-19-14-7-3-4-8-15(14)20-16/h1-8H,9-11,18H2. The summed E-state index contributed by atoms with van der Waals surface area (Å²) in [6, 6.07) is 16.8. The molecule has 0 atom stereocenters. The topological polar surface area (TPSA) is 38.9 Å². The van der Waals surface area contributed by atoms with Crippen LogP contribution in [0.4, 0.5) is 0 Å². The summed E-state index contributed by atoms with van der Waals surface area (Å²) in [6.45, 7) is 0. The van der Waals surface area contributed by atoms with E-state index in [1.54, 1.807) is 11.3 Å². The summed E-state index contributed by atoms with van der Waals surface area (Å²) in [7, 11) is 0. The summed E-state index contributed by atoms with van der Waals surface area (Å²) in [5, 5.41) is 1.10. The maximum Gasteiger partial charge on any atom is 0.124 e. The van der Waals surface area contributed by atoms with E-state index >= 15 is 0 Å². The summed E-state index contributed by atoms with van der Waals surface area (Å²) in [5.41, 5.74) is 9.96. The Labute approximate surface area is 122 Å². The number of para-hydroxylation sites is 1. The first-order valence-corrected chi connectivity index (χ1v) is 7.78. The van der Waals surface area contributed by atoms with Gasteiger partial charge in [0.15, 0.2) is 0 Å². The average Bonchev–Trinajstić information content (AvgIpc) is 3.03. The molecule has 2 nitrogen and oxygen atoms in total. The van der Waals surface area contributed by atoms with Gasteiger partial charge in [-0.1, -0.05) is 36.4 Å². The maximum atomic E-state index is 6.28. The molecule has 0 saturated heterocycles. The number of nitrogens with two attached hydrogens (primary N) is 1. The van der Waals surface area contributed by atoms with Crippen LogP contribution < -0.4 is 5.73 Å². The van der Waals surface area contributed by atoms with E-state index in [1.807, 2.05) is 6.07 Å². The minimum Gasteiger partial charge on any atom is -0.325 e. The molecule has 1 aliphatic carbocycles. The fourth-order valence-electron chi connectivity index (χ4n) is 2.59. The molecule has 1 aliphatic rings. The number of rotatable bonds is 3. The van der Waals surface area contributed by atoms with Crippen LogP contribution in [-0.4, -0.2) is 10.5 Å². The lowest BCUT2D eigenvalue weighted by Gasteiger charge is -2.11. The van der Waals surface area contributed by atoms with E-state index in [0.29, 0.717) is 0 Å². The van der Waals surface area contributed by atoms with Crippen LogP contribution in [0.25, 0.3) is 20.8 Å². The van der Waals surface area contributed by atoms with Crippen molar-refractivity contribution in [2.75, 3.05) is 0 Å². The van der Waals surface area contributed by atoms with Crippen LogP contribution in [0.2, 0.25) is 0 Å². The molecule has 0 bridgehead atoms. The smallest absolute Gasteiger partial charge is 0.124 e. The van der Waals surface area contributed by atoms with Gasteiger partial charge in [0.25, 0.3) is 0 Å². The fourth-order valence-corrected chi connectivity index (χ4v) is 3.61. The van der Waals surface area contributed by atoms with Gasteiger partial charge in [-0.05, 0) is 37.0 Å². The number of nitrogens with zero attached hydrogens (tertiary/aromatic N) is 1. The zero-order valence-electron chi connectivity index (χ0n) is 11.2. The molecule has 2 aromatic carbocycles. The minimum atomic E-state index is 0.0345. The van der Waals surface area contributed by atoms with E-state index in [9.17, 15) is 0 Å². The maximum absolute atomic E-state index is 6.28. The molecule has 3 heteroatoms. The van der Waals surface area contributed by atoms with Gasteiger partial charge < -0.3 is 5.73 Å². The van der Waals surface area contributed by atoms with Gasteiger partial charge in [-0.25, -0.2) is 4.98 Å². The summed E-state index contributed by atoms with van der Waals surface area (Å²) < 4.78 is 1.24. The van der Waals surface area contributed by atoms with Gasteiger partial charge in [-0.2, -0.15) is 0 Å². The average molecular weight is 280 g/mol. The van der Waals surface area contributed by atoms with Crippen LogP contribution in [0, 0.1) is 0 Å². The summed E-state index contributed by atoms with van der Waals surface area (Å²) in [4.78, 5) is 4.77. The van der Waals surface area contributed by atoms with Crippen LogP contribution in [0.3, 0.4) is 0 Å². The molecule has 4 rings (SSSR count). The molecular weight excluding hydrogens is 264 g/mol. The SMILES string of the molecule is NC1(Cc2ccccc2-c2nc3ccccc3s2)CC1. The van der Waals surface area contributed by atoms with Gasteiger partial charge in [0.1, 0.15) is 5.01 Å². The highest BCUT2D eigenvalue weighted by Gasteiger charge is 2.38. The lowest BCUT2D eigenvalue weighted by molar-refractivity contribution is 0.673. The van der Waals surface area contributed by atoms with E-state index in [4.69, 9.17) is 10.7 Å². The molecule has 0 spiro atoms. The first kappa shape index (κ1) is 12.1. The Morgan fingerprint density at radius 2 is 1.80 bits per heavy atom. The Balaban J connectivity index is 1.80. The molecule has 0 aliphatic heterocycles. The van der Waals surface area contributed by atoms with Crippen molar-refractivity contribution in [3.8, 4) is 10.6 Å². The second-order valence-electron chi connectivity index (χ2n) is 5.68. The third kappa shape index (κ3) is 2.13. The Kier molecular flexibility index (Phi) is 2.65. The molecule has 0 radical (unpaired) electrons. The van der Waals surface area contributed by atoms with E-state index in [-0.39, 0.29) is 5.54 Å². The van der Waals surface area contributed by atoms with Crippen molar-refractivity contribution in [2.24, 2.45) is 5.73 Å². The normalized spacial score (nSPS) is 16.4. The Morgan fingerprint density at radius 3 is 2.60 bits per heavy atom.